The van der Waals surface area contributed by atoms with Crippen LogP contribution in [0, 0.1) is 51.2 Å². The Kier molecular flexibility index (Phi) is 4.05. The van der Waals surface area contributed by atoms with Crippen LogP contribution in [0.25, 0.3) is 0 Å². The SMILES string of the molecule is CC1CCC2[C@]3(C)CCC4C(C)(C)CCC[C@]4(C)C3CC[C@]2(C)C1C. The molecule has 0 aliphatic heterocycles. The van der Waals surface area contributed by atoms with Crippen molar-refractivity contribution in [2.75, 3.05) is 0 Å². The number of fused-ring (bicyclic) bond motifs is 5. The molecule has 0 spiro atoms. The van der Waals surface area contributed by atoms with Crippen molar-refractivity contribution >= 4 is 0 Å². The van der Waals surface area contributed by atoms with Crippen molar-refractivity contribution in [1.29, 1.82) is 0 Å². The largest absolute Gasteiger partial charge is 0.0622 e. The summed E-state index contributed by atoms with van der Waals surface area (Å²) in [5, 5.41) is 0. The van der Waals surface area contributed by atoms with Crippen LogP contribution < -0.4 is 0 Å². The molecule has 4 saturated carbocycles. The molecule has 144 valence electrons. The highest BCUT2D eigenvalue weighted by molar-refractivity contribution is 5.14. The first-order valence-electron chi connectivity index (χ1n) is 11.6. The molecule has 0 heteroatoms. The summed E-state index contributed by atoms with van der Waals surface area (Å²) in [5.74, 6) is 4.78. The second-order valence-corrected chi connectivity index (χ2v) is 12.4. The Labute approximate surface area is 157 Å². The lowest BCUT2D eigenvalue weighted by molar-refractivity contribution is -0.212. The Bertz CT molecular complexity index is 532. The van der Waals surface area contributed by atoms with Crippen LogP contribution in [0.1, 0.15) is 106 Å². The van der Waals surface area contributed by atoms with Crippen molar-refractivity contribution in [3.8, 4) is 0 Å². The molecule has 0 amide bonds. The molecule has 0 heterocycles. The second-order valence-electron chi connectivity index (χ2n) is 12.4. The predicted octanol–water partition coefficient (Wildman–Crippen LogP) is 7.72. The van der Waals surface area contributed by atoms with E-state index in [-0.39, 0.29) is 0 Å². The topological polar surface area (TPSA) is 0 Å². The smallest absolute Gasteiger partial charge is 0.0259 e. The Morgan fingerprint density at radius 2 is 1.12 bits per heavy atom. The van der Waals surface area contributed by atoms with E-state index in [1.165, 1.54) is 57.8 Å². The first kappa shape index (κ1) is 18.4. The van der Waals surface area contributed by atoms with Crippen LogP contribution in [0.2, 0.25) is 0 Å². The Balaban J connectivity index is 1.72. The van der Waals surface area contributed by atoms with Gasteiger partial charge in [0.05, 0.1) is 0 Å². The van der Waals surface area contributed by atoms with Gasteiger partial charge in [0.25, 0.3) is 0 Å². The summed E-state index contributed by atoms with van der Waals surface area (Å²) in [6, 6.07) is 0. The summed E-state index contributed by atoms with van der Waals surface area (Å²) in [4.78, 5) is 0. The molecule has 4 aliphatic carbocycles. The predicted molar refractivity (Wildman–Crippen MR) is 108 cm³/mol. The molecule has 4 rings (SSSR count). The van der Waals surface area contributed by atoms with Crippen LogP contribution in [0.5, 0.6) is 0 Å². The Hall–Kier alpha value is 0. The summed E-state index contributed by atoms with van der Waals surface area (Å²) in [6.45, 7) is 18.5. The standard InChI is InChI=1S/C25H44/c1-17-9-10-20-23(5,18(17)2)15-12-21-24(6)14-8-13-22(3,4)19(24)11-16-25(20,21)7/h17-21H,8-16H2,1-7H3/t17?,18?,19?,20?,21?,23-,24+,25+/m1/s1. The summed E-state index contributed by atoms with van der Waals surface area (Å²) in [6.07, 6.45) is 13.5. The van der Waals surface area contributed by atoms with Gasteiger partial charge in [0.15, 0.2) is 0 Å². The third-order valence-electron chi connectivity index (χ3n) is 11.2. The van der Waals surface area contributed by atoms with Crippen LogP contribution in [0.3, 0.4) is 0 Å². The lowest BCUT2D eigenvalue weighted by Crippen LogP contribution is -2.62. The number of rotatable bonds is 0. The van der Waals surface area contributed by atoms with Gasteiger partial charge in [-0.1, -0.05) is 61.3 Å². The van der Waals surface area contributed by atoms with E-state index >= 15 is 0 Å². The average molecular weight is 345 g/mol. The normalized spacial score (nSPS) is 58.0. The van der Waals surface area contributed by atoms with Gasteiger partial charge >= 0.3 is 0 Å². The van der Waals surface area contributed by atoms with E-state index in [1.807, 2.05) is 0 Å². The highest BCUT2D eigenvalue weighted by Crippen LogP contribution is 2.73. The highest BCUT2D eigenvalue weighted by atomic mass is 14.7. The van der Waals surface area contributed by atoms with Crippen molar-refractivity contribution in [3.63, 3.8) is 0 Å². The summed E-state index contributed by atoms with van der Waals surface area (Å²) in [7, 11) is 0. The number of hydrogen-bond donors (Lipinski definition) is 0. The van der Waals surface area contributed by atoms with Gasteiger partial charge in [0, 0.05) is 0 Å². The fraction of sp³-hybridized carbons (Fsp3) is 1.00. The fourth-order valence-electron chi connectivity index (χ4n) is 9.68. The molecule has 8 atom stereocenters. The zero-order chi connectivity index (χ0) is 18.3. The van der Waals surface area contributed by atoms with Gasteiger partial charge in [-0.05, 0) is 96.2 Å². The molecule has 4 aliphatic rings. The van der Waals surface area contributed by atoms with E-state index in [0.29, 0.717) is 21.7 Å². The van der Waals surface area contributed by atoms with Crippen LogP contribution in [-0.4, -0.2) is 0 Å². The fourth-order valence-corrected chi connectivity index (χ4v) is 9.68. The van der Waals surface area contributed by atoms with E-state index < -0.39 is 0 Å². The van der Waals surface area contributed by atoms with Crippen molar-refractivity contribution in [2.45, 2.75) is 106 Å². The summed E-state index contributed by atoms with van der Waals surface area (Å²) in [5.41, 5.74) is 2.40. The van der Waals surface area contributed by atoms with Crippen LogP contribution in [0.4, 0.5) is 0 Å². The quantitative estimate of drug-likeness (QED) is 0.422. The molecular formula is C25H44. The van der Waals surface area contributed by atoms with Crippen LogP contribution >= 0.6 is 0 Å². The zero-order valence-electron chi connectivity index (χ0n) is 18.3. The van der Waals surface area contributed by atoms with Gasteiger partial charge in [0.2, 0.25) is 0 Å². The molecule has 0 aromatic rings. The maximum Gasteiger partial charge on any atom is -0.0259 e. The summed E-state index contributed by atoms with van der Waals surface area (Å²) >= 11 is 0. The van der Waals surface area contributed by atoms with E-state index in [2.05, 4.69) is 48.5 Å². The molecule has 0 saturated heterocycles. The minimum Gasteiger partial charge on any atom is -0.0622 e. The molecule has 0 bridgehead atoms. The van der Waals surface area contributed by atoms with Gasteiger partial charge in [-0.15, -0.1) is 0 Å². The third kappa shape index (κ3) is 2.30. The maximum atomic E-state index is 2.76. The summed E-state index contributed by atoms with van der Waals surface area (Å²) < 4.78 is 0. The highest BCUT2D eigenvalue weighted by Gasteiger charge is 2.65. The first-order valence-corrected chi connectivity index (χ1v) is 11.6. The molecule has 0 radical (unpaired) electrons. The first-order chi connectivity index (χ1) is 11.6. The lowest BCUT2D eigenvalue weighted by Gasteiger charge is -2.70. The van der Waals surface area contributed by atoms with Crippen molar-refractivity contribution in [3.05, 3.63) is 0 Å². The molecule has 0 aromatic carbocycles. The van der Waals surface area contributed by atoms with Gasteiger partial charge in [-0.25, -0.2) is 0 Å². The van der Waals surface area contributed by atoms with Crippen LogP contribution in [0.15, 0.2) is 0 Å². The van der Waals surface area contributed by atoms with Crippen molar-refractivity contribution in [2.24, 2.45) is 51.2 Å². The maximum absolute atomic E-state index is 2.76. The Morgan fingerprint density at radius 3 is 1.84 bits per heavy atom. The Morgan fingerprint density at radius 1 is 0.560 bits per heavy atom. The van der Waals surface area contributed by atoms with Crippen LogP contribution in [-0.2, 0) is 0 Å². The van der Waals surface area contributed by atoms with Gasteiger partial charge in [-0.3, -0.25) is 0 Å². The zero-order valence-corrected chi connectivity index (χ0v) is 18.3. The minimum atomic E-state index is 0.573. The van der Waals surface area contributed by atoms with Crippen molar-refractivity contribution < 1.29 is 0 Å². The average Bonchev–Trinajstić information content (AvgIpc) is 2.50. The molecule has 0 nitrogen and oxygen atoms in total. The van der Waals surface area contributed by atoms with Gasteiger partial charge < -0.3 is 0 Å². The molecule has 0 N–H and O–H groups in total. The lowest BCUT2D eigenvalue weighted by atomic mass is 9.35. The molecule has 5 unspecified atom stereocenters. The number of hydrogen-bond acceptors (Lipinski definition) is 0. The van der Waals surface area contributed by atoms with Crippen molar-refractivity contribution in [1.82, 2.24) is 0 Å². The van der Waals surface area contributed by atoms with Gasteiger partial charge in [-0.2, -0.15) is 0 Å². The van der Waals surface area contributed by atoms with E-state index in [1.54, 1.807) is 0 Å². The monoisotopic (exact) mass is 344 g/mol. The van der Waals surface area contributed by atoms with E-state index in [0.717, 1.165) is 29.6 Å². The molecule has 25 heavy (non-hydrogen) atoms. The second kappa shape index (κ2) is 5.51. The third-order valence-corrected chi connectivity index (χ3v) is 11.2. The minimum absolute atomic E-state index is 0.573. The van der Waals surface area contributed by atoms with Gasteiger partial charge in [0.1, 0.15) is 0 Å². The molecule has 4 fully saturated rings. The molecule has 0 aromatic heterocycles. The molecular weight excluding hydrogens is 300 g/mol. The van der Waals surface area contributed by atoms with E-state index in [9.17, 15) is 0 Å². The van der Waals surface area contributed by atoms with E-state index in [4.69, 9.17) is 0 Å².